The first-order valence-corrected chi connectivity index (χ1v) is 7.52. The van der Waals surface area contributed by atoms with E-state index in [-0.39, 0.29) is 17.6 Å². The molecule has 0 radical (unpaired) electrons. The van der Waals surface area contributed by atoms with E-state index in [1.807, 2.05) is 20.8 Å². The van der Waals surface area contributed by atoms with Crippen molar-refractivity contribution in [1.82, 2.24) is 10.5 Å². The summed E-state index contributed by atoms with van der Waals surface area (Å²) in [6, 6.07) is 4.07. The molecule has 24 heavy (non-hydrogen) atoms. The number of hydrogen-bond donors (Lipinski definition) is 2. The molecule has 8 nitrogen and oxygen atoms in total. The first kappa shape index (κ1) is 17.5. The number of amides is 2. The maximum atomic E-state index is 12.0. The fourth-order valence-corrected chi connectivity index (χ4v) is 2.65. The Morgan fingerprint density at radius 1 is 1.38 bits per heavy atom. The van der Waals surface area contributed by atoms with E-state index in [1.54, 1.807) is 13.0 Å². The maximum Gasteiger partial charge on any atom is 0.319 e. The Morgan fingerprint density at radius 2 is 2.08 bits per heavy atom. The Kier molecular flexibility index (Phi) is 5.18. The van der Waals surface area contributed by atoms with Gasteiger partial charge in [0.1, 0.15) is 5.76 Å². The molecular weight excluding hydrogens is 312 g/mol. The molecule has 0 aliphatic heterocycles. The molecular formula is C16H20N4O4. The van der Waals surface area contributed by atoms with E-state index in [9.17, 15) is 14.9 Å². The summed E-state index contributed by atoms with van der Waals surface area (Å²) < 4.78 is 5.13. The molecule has 0 bridgehead atoms. The molecule has 0 saturated carbocycles. The second-order valence-electron chi connectivity index (χ2n) is 5.73. The Balaban J connectivity index is 1.94. The van der Waals surface area contributed by atoms with E-state index in [0.717, 1.165) is 17.0 Å². The van der Waals surface area contributed by atoms with Crippen LogP contribution < -0.4 is 10.6 Å². The standard InChI is InChI=1S/C16H20N4O4/c1-9-7-13(5-6-14(9)20(22)23)18-16(21)17-8-10(2)15-11(3)19-24-12(15)4/h5-7,10H,8H2,1-4H3,(H2,17,18,21). The fourth-order valence-electron chi connectivity index (χ4n) is 2.65. The number of nitrogens with one attached hydrogen (secondary N) is 2. The largest absolute Gasteiger partial charge is 0.361 e. The van der Waals surface area contributed by atoms with Gasteiger partial charge in [-0.05, 0) is 32.9 Å². The molecule has 2 rings (SSSR count). The van der Waals surface area contributed by atoms with Crippen LogP contribution in [0.1, 0.15) is 35.4 Å². The van der Waals surface area contributed by atoms with Crippen molar-refractivity contribution in [3.63, 3.8) is 0 Å². The number of nitro benzene ring substituents is 1. The monoisotopic (exact) mass is 332 g/mol. The highest BCUT2D eigenvalue weighted by Gasteiger charge is 2.17. The summed E-state index contributed by atoms with van der Waals surface area (Å²) in [7, 11) is 0. The third-order valence-electron chi connectivity index (χ3n) is 3.80. The third-order valence-corrected chi connectivity index (χ3v) is 3.80. The second-order valence-corrected chi connectivity index (χ2v) is 5.73. The topological polar surface area (TPSA) is 110 Å². The summed E-state index contributed by atoms with van der Waals surface area (Å²) in [5.74, 6) is 0.800. The quantitative estimate of drug-likeness (QED) is 0.643. The molecule has 128 valence electrons. The van der Waals surface area contributed by atoms with E-state index in [0.29, 0.717) is 17.8 Å². The van der Waals surface area contributed by atoms with Gasteiger partial charge in [0.25, 0.3) is 5.69 Å². The van der Waals surface area contributed by atoms with Crippen molar-refractivity contribution >= 4 is 17.4 Å². The van der Waals surface area contributed by atoms with Gasteiger partial charge < -0.3 is 15.2 Å². The van der Waals surface area contributed by atoms with Gasteiger partial charge in [-0.15, -0.1) is 0 Å². The van der Waals surface area contributed by atoms with Gasteiger partial charge in [0, 0.05) is 35.3 Å². The molecule has 2 amide bonds. The van der Waals surface area contributed by atoms with Crippen LogP contribution in [0.4, 0.5) is 16.2 Å². The van der Waals surface area contributed by atoms with Gasteiger partial charge in [0.05, 0.1) is 10.6 Å². The minimum Gasteiger partial charge on any atom is -0.361 e. The van der Waals surface area contributed by atoms with Crippen molar-refractivity contribution in [3.8, 4) is 0 Å². The number of aryl methyl sites for hydroxylation is 3. The number of urea groups is 1. The molecule has 0 aliphatic rings. The molecule has 1 aromatic carbocycles. The predicted octanol–water partition coefficient (Wildman–Crippen LogP) is 3.43. The van der Waals surface area contributed by atoms with Gasteiger partial charge in [-0.1, -0.05) is 12.1 Å². The van der Waals surface area contributed by atoms with Crippen LogP contribution in [0.2, 0.25) is 0 Å². The van der Waals surface area contributed by atoms with Crippen LogP contribution in [-0.2, 0) is 0 Å². The van der Waals surface area contributed by atoms with Crippen LogP contribution in [-0.4, -0.2) is 22.7 Å². The molecule has 0 spiro atoms. The van der Waals surface area contributed by atoms with Gasteiger partial charge in [-0.25, -0.2) is 4.79 Å². The highest BCUT2D eigenvalue weighted by molar-refractivity contribution is 5.89. The van der Waals surface area contributed by atoms with E-state index >= 15 is 0 Å². The van der Waals surface area contributed by atoms with Crippen LogP contribution in [0, 0.1) is 30.9 Å². The lowest BCUT2D eigenvalue weighted by atomic mass is 10.00. The molecule has 1 aromatic heterocycles. The summed E-state index contributed by atoms with van der Waals surface area (Å²) in [6.07, 6.45) is 0. The lowest BCUT2D eigenvalue weighted by Crippen LogP contribution is -2.32. The summed E-state index contributed by atoms with van der Waals surface area (Å²) in [5, 5.41) is 20.1. The van der Waals surface area contributed by atoms with Gasteiger partial charge in [0.15, 0.2) is 0 Å². The molecule has 0 aliphatic carbocycles. The minimum atomic E-state index is -0.454. The molecule has 1 heterocycles. The summed E-state index contributed by atoms with van der Waals surface area (Å²) in [4.78, 5) is 22.3. The normalized spacial score (nSPS) is 11.8. The average Bonchev–Trinajstić information content (AvgIpc) is 2.83. The van der Waals surface area contributed by atoms with Crippen molar-refractivity contribution in [2.24, 2.45) is 0 Å². The van der Waals surface area contributed by atoms with Crippen molar-refractivity contribution in [2.45, 2.75) is 33.6 Å². The van der Waals surface area contributed by atoms with E-state index < -0.39 is 4.92 Å². The molecule has 8 heteroatoms. The van der Waals surface area contributed by atoms with E-state index in [2.05, 4.69) is 15.8 Å². The highest BCUT2D eigenvalue weighted by atomic mass is 16.6. The molecule has 0 saturated heterocycles. The van der Waals surface area contributed by atoms with Crippen LogP contribution in [0.5, 0.6) is 0 Å². The number of carbonyl (C=O) groups excluding carboxylic acids is 1. The number of aromatic nitrogens is 1. The highest BCUT2D eigenvalue weighted by Crippen LogP contribution is 2.23. The molecule has 2 aromatic rings. The summed E-state index contributed by atoms with van der Waals surface area (Å²) in [6.45, 7) is 7.72. The van der Waals surface area contributed by atoms with Crippen molar-refractivity contribution in [3.05, 3.63) is 50.9 Å². The molecule has 1 unspecified atom stereocenters. The lowest BCUT2D eigenvalue weighted by molar-refractivity contribution is -0.385. The molecule has 0 fully saturated rings. The average molecular weight is 332 g/mol. The summed E-state index contributed by atoms with van der Waals surface area (Å²) >= 11 is 0. The number of hydrogen-bond acceptors (Lipinski definition) is 5. The zero-order valence-electron chi connectivity index (χ0n) is 14.0. The number of benzene rings is 1. The Morgan fingerprint density at radius 3 is 2.62 bits per heavy atom. The number of rotatable bonds is 5. The second kappa shape index (κ2) is 7.12. The Bertz CT molecular complexity index is 750. The van der Waals surface area contributed by atoms with Crippen molar-refractivity contribution in [1.29, 1.82) is 0 Å². The maximum absolute atomic E-state index is 12.0. The van der Waals surface area contributed by atoms with Crippen LogP contribution in [0.15, 0.2) is 22.7 Å². The van der Waals surface area contributed by atoms with Crippen molar-refractivity contribution in [2.75, 3.05) is 11.9 Å². The van der Waals surface area contributed by atoms with Gasteiger partial charge in [-0.2, -0.15) is 0 Å². The van der Waals surface area contributed by atoms with Crippen LogP contribution in [0.25, 0.3) is 0 Å². The molecule has 1 atom stereocenters. The number of nitro groups is 1. The SMILES string of the molecule is Cc1cc(NC(=O)NCC(C)c2c(C)noc2C)ccc1[N+](=O)[O-]. The van der Waals surface area contributed by atoms with Crippen LogP contribution >= 0.6 is 0 Å². The summed E-state index contributed by atoms with van der Waals surface area (Å²) in [5.41, 5.74) is 2.81. The van der Waals surface area contributed by atoms with Crippen LogP contribution in [0.3, 0.4) is 0 Å². The van der Waals surface area contributed by atoms with Gasteiger partial charge in [0.2, 0.25) is 0 Å². The van der Waals surface area contributed by atoms with Crippen molar-refractivity contribution < 1.29 is 14.2 Å². The minimum absolute atomic E-state index is 0.0213. The zero-order chi connectivity index (χ0) is 17.9. The lowest BCUT2D eigenvalue weighted by Gasteiger charge is -2.13. The molecule has 2 N–H and O–H groups in total. The Labute approximate surface area is 139 Å². The zero-order valence-corrected chi connectivity index (χ0v) is 14.0. The first-order chi connectivity index (χ1) is 11.3. The number of anilines is 1. The van der Waals surface area contributed by atoms with Gasteiger partial charge >= 0.3 is 6.03 Å². The predicted molar refractivity (Wildman–Crippen MR) is 89.2 cm³/mol. The van der Waals surface area contributed by atoms with E-state index in [4.69, 9.17) is 4.52 Å². The van der Waals surface area contributed by atoms with E-state index in [1.165, 1.54) is 12.1 Å². The third kappa shape index (κ3) is 3.89. The number of nitrogens with zero attached hydrogens (tertiary/aromatic N) is 2. The van der Waals surface area contributed by atoms with Gasteiger partial charge in [-0.3, -0.25) is 10.1 Å². The fraction of sp³-hybridized carbons (Fsp3) is 0.375. The number of carbonyl (C=O) groups is 1. The smallest absolute Gasteiger partial charge is 0.319 e. The Hall–Kier alpha value is -2.90. The first-order valence-electron chi connectivity index (χ1n) is 7.52.